The molecule has 8 heavy (non-hydrogen) atoms. The van der Waals surface area contributed by atoms with Gasteiger partial charge in [0.05, 0.1) is 1.12 Å². The Morgan fingerprint density at radius 3 is 2.00 bits per heavy atom. The molecule has 0 aliphatic carbocycles. The van der Waals surface area contributed by atoms with Crippen LogP contribution < -0.4 is 0 Å². The highest BCUT2D eigenvalue weighted by Gasteiger charge is 1.94. The molecule has 3 heteroatoms. The number of hydrogen-bond acceptors (Lipinski definition) is 3. The molecule has 0 spiro atoms. The predicted octanol–water partition coefficient (Wildman–Crippen LogP) is 1.28. The minimum atomic E-state index is -0.250. The Morgan fingerprint density at radius 1 is 1.88 bits per heavy atom. The van der Waals surface area contributed by atoms with Crippen LogP contribution in [-0.2, 0) is 4.79 Å². The second kappa shape index (κ2) is 6.98. The zero-order valence-electron chi connectivity index (χ0n) is 6.30. The first-order chi connectivity index (χ1) is 4.06. The highest BCUT2D eigenvalue weighted by Crippen LogP contribution is 1.89. The lowest BCUT2D eigenvalue weighted by Gasteiger charge is -1.90. The van der Waals surface area contributed by atoms with Gasteiger partial charge in [0, 0.05) is 5.92 Å². The predicted molar refractivity (Wildman–Crippen MR) is 35.3 cm³/mol. The summed E-state index contributed by atoms with van der Waals surface area (Å²) in [5.41, 5.74) is 0. The second-order valence-corrected chi connectivity index (χ2v) is 1.77. The van der Waals surface area contributed by atoms with Gasteiger partial charge in [-0.1, -0.05) is 13.8 Å². The van der Waals surface area contributed by atoms with Gasteiger partial charge < -0.3 is 4.55 Å². The third-order valence-electron chi connectivity index (χ3n) is 0.813. The van der Waals surface area contributed by atoms with Crippen LogP contribution in [0.3, 0.4) is 0 Å². The third kappa shape index (κ3) is 9.36. The van der Waals surface area contributed by atoms with Crippen molar-refractivity contribution >= 4 is 18.6 Å². The van der Waals surface area contributed by atoms with Gasteiger partial charge in [0.25, 0.3) is 0 Å². The van der Waals surface area contributed by atoms with Gasteiger partial charge in [-0.2, -0.15) is 0 Å². The molecule has 0 aliphatic heterocycles. The van der Waals surface area contributed by atoms with E-state index in [2.05, 4.69) is 0 Å². The third-order valence-corrected chi connectivity index (χ3v) is 0.813. The lowest BCUT2D eigenvalue weighted by atomic mass is 10.1. The molecule has 0 radical (unpaired) electrons. The highest BCUT2D eigenvalue weighted by molar-refractivity contribution is 7.73. The van der Waals surface area contributed by atoms with E-state index in [1.54, 1.807) is 6.92 Å². The van der Waals surface area contributed by atoms with E-state index in [4.69, 9.17) is 5.68 Å². The summed E-state index contributed by atoms with van der Waals surface area (Å²) in [7, 11) is 0. The molecule has 0 aliphatic rings. The van der Waals surface area contributed by atoms with Gasteiger partial charge in [-0.15, -0.1) is 0 Å². The molecule has 0 atom stereocenters. The molecule has 0 aromatic heterocycles. The van der Waals surface area contributed by atoms with E-state index in [0.29, 0.717) is 0 Å². The first kappa shape index (κ1) is 7.98. The molecule has 0 amide bonds. The Labute approximate surface area is 56.6 Å². The molecule has 2 nitrogen and oxygen atoms in total. The van der Waals surface area contributed by atoms with Crippen LogP contribution in [0.25, 0.3) is 0 Å². The van der Waals surface area contributed by atoms with E-state index in [0.717, 1.165) is 0 Å². The van der Waals surface area contributed by atoms with Crippen LogP contribution in [0, 0.1) is 5.92 Å². The Hall–Kier alpha value is -0.0200. The van der Waals surface area contributed by atoms with E-state index < -0.39 is 0 Å². The molecule has 0 fully saturated rings. The summed E-state index contributed by atoms with van der Waals surface area (Å²) >= 11 is -0.250. The van der Waals surface area contributed by atoms with Gasteiger partial charge in [-0.05, 0) is 6.92 Å². The number of carbonyl (C=O) groups excluding carboxylic acids is 1. The Morgan fingerprint density at radius 2 is 2.00 bits per heavy atom. The summed E-state index contributed by atoms with van der Waals surface area (Å²) in [6, 6.07) is 0. The van der Waals surface area contributed by atoms with Crippen molar-refractivity contribution in [3.05, 3.63) is 0 Å². The normalized spacial score (nSPS) is 9.38. The van der Waals surface area contributed by atoms with Crippen LogP contribution in [0.5, 0.6) is 0 Å². The lowest BCUT2D eigenvalue weighted by Crippen LogP contribution is -1.98. The van der Waals surface area contributed by atoms with Crippen LogP contribution in [0.4, 0.5) is 0 Å². The Balaban J connectivity index is 0. The molecule has 0 saturated carbocycles. The van der Waals surface area contributed by atoms with Crippen molar-refractivity contribution in [3.63, 3.8) is 0 Å². The number of Topliss-reactive ketones (excluding diaryl/α,β-unsaturated/α-hetero) is 1. The summed E-state index contributed by atoms with van der Waals surface area (Å²) in [5.74, 6) is 0.472. The Bertz CT molecular complexity index is 75.4. The van der Waals surface area contributed by atoms with E-state index in [9.17, 15) is 4.79 Å². The van der Waals surface area contributed by atoms with Crippen LogP contribution >= 0.6 is 12.8 Å². The topological polar surface area (TPSA) is 40.1 Å². The molecular formula is C5H11O2S-. The maximum Gasteiger partial charge on any atom is 0.132 e. The minimum Gasteiger partial charge on any atom is -0.802 e. The van der Waals surface area contributed by atoms with E-state index >= 15 is 0 Å². The van der Waals surface area contributed by atoms with Gasteiger partial charge in [0.15, 0.2) is 0 Å². The molecule has 0 rings (SSSR count). The van der Waals surface area contributed by atoms with Crippen LogP contribution in [0.15, 0.2) is 0 Å². The van der Waals surface area contributed by atoms with E-state index in [1.807, 2.05) is 13.8 Å². The molecule has 50 valence electrons. The van der Waals surface area contributed by atoms with E-state index in [-0.39, 0.29) is 24.5 Å². The first-order valence-corrected chi connectivity index (χ1v) is 2.65. The van der Waals surface area contributed by atoms with Crippen LogP contribution in [0.1, 0.15) is 20.8 Å². The molecule has 0 bridgehead atoms. The second-order valence-electron chi connectivity index (χ2n) is 1.77. The lowest BCUT2D eigenvalue weighted by molar-refractivity contribution is -0.119. The zero-order chi connectivity index (χ0) is 7.86. The van der Waals surface area contributed by atoms with Crippen molar-refractivity contribution in [1.29, 1.82) is 1.12 Å². The number of rotatable bonds is 1. The molecule has 0 aromatic carbocycles. The number of hydrogen-bond donors (Lipinski definition) is 1. The first-order valence-electron chi connectivity index (χ1n) is 2.72. The van der Waals surface area contributed by atoms with Crippen LogP contribution in [0.2, 0.25) is 0 Å². The Kier molecular flexibility index (Phi) is 6.96. The summed E-state index contributed by atoms with van der Waals surface area (Å²) in [6.07, 6.45) is 0. The molecular weight excluding hydrogens is 124 g/mol. The van der Waals surface area contributed by atoms with E-state index in [1.165, 1.54) is 0 Å². The number of carbonyl (C=O) groups is 1. The fourth-order valence-corrected chi connectivity index (χ4v) is 0. The van der Waals surface area contributed by atoms with Gasteiger partial charge >= 0.3 is 0 Å². The number of thiol groups is 1. The smallest absolute Gasteiger partial charge is 0.132 e. The standard InChI is InChI=1S/C5H10O.H2OS/c1-4(2)5(3)6;1-2/h4H,1-3H3;1-2H/p-1/i/hT. The van der Waals surface area contributed by atoms with Crippen molar-refractivity contribution in [2.24, 2.45) is 5.92 Å². The van der Waals surface area contributed by atoms with Gasteiger partial charge in [-0.3, -0.25) is 17.6 Å². The van der Waals surface area contributed by atoms with Gasteiger partial charge in [-0.25, -0.2) is 0 Å². The van der Waals surface area contributed by atoms with Crippen LogP contribution in [-0.4, -0.2) is 11.5 Å². The van der Waals surface area contributed by atoms with Crippen molar-refractivity contribution in [3.8, 4) is 0 Å². The molecule has 0 heterocycles. The monoisotopic (exact) mass is 137 g/mol. The van der Waals surface area contributed by atoms with Gasteiger partial charge in [0.1, 0.15) is 5.78 Å². The van der Waals surface area contributed by atoms with Crippen molar-refractivity contribution in [1.82, 2.24) is 0 Å². The maximum atomic E-state index is 10.1. The van der Waals surface area contributed by atoms with Gasteiger partial charge in [0.2, 0.25) is 0 Å². The molecule has 0 saturated heterocycles. The fraction of sp³-hybridized carbons (Fsp3) is 0.800. The maximum absolute atomic E-state index is 10.1. The zero-order valence-corrected chi connectivity index (χ0v) is 6.12. The minimum absolute atomic E-state index is 0.213. The largest absolute Gasteiger partial charge is 0.802 e. The fourth-order valence-electron chi connectivity index (χ4n) is 0. The summed E-state index contributed by atoms with van der Waals surface area (Å²) in [6.45, 7) is 5.38. The average molecular weight is 137 g/mol. The highest BCUT2D eigenvalue weighted by atomic mass is 32.1. The average Bonchev–Trinajstić information content (AvgIpc) is 1.68. The quantitative estimate of drug-likeness (QED) is 0.437. The summed E-state index contributed by atoms with van der Waals surface area (Å²) < 4.78 is 14.1. The molecule has 0 N–H and O–H groups in total. The molecule has 0 unspecified atom stereocenters. The van der Waals surface area contributed by atoms with Crippen molar-refractivity contribution < 1.29 is 9.35 Å². The summed E-state index contributed by atoms with van der Waals surface area (Å²) in [4.78, 5) is 10.1. The SMILES string of the molecule is CC(=O)C(C)C.[3H]S[O-]. The van der Waals surface area contributed by atoms with Crippen molar-refractivity contribution in [2.45, 2.75) is 20.8 Å². The number of ketones is 1. The van der Waals surface area contributed by atoms with Crippen molar-refractivity contribution in [2.75, 3.05) is 0 Å². The summed E-state index contributed by atoms with van der Waals surface area (Å²) in [5, 5.41) is 0. The molecule has 0 aromatic rings.